The first-order valence-electron chi connectivity index (χ1n) is 7.04. The molecule has 1 aromatic rings. The molecule has 0 N–H and O–H groups in total. The molecule has 0 unspecified atom stereocenters. The predicted molar refractivity (Wildman–Crippen MR) is 77.7 cm³/mol. The van der Waals surface area contributed by atoms with Crippen LogP contribution in [-0.4, -0.2) is 26.4 Å². The molecule has 1 aliphatic heterocycles. The van der Waals surface area contributed by atoms with Crippen molar-refractivity contribution in [2.24, 2.45) is 0 Å². The highest BCUT2D eigenvalue weighted by molar-refractivity contribution is 6.31. The van der Waals surface area contributed by atoms with Gasteiger partial charge in [0.15, 0.2) is 17.3 Å². The first-order chi connectivity index (χ1) is 9.66. The van der Waals surface area contributed by atoms with E-state index < -0.39 is 5.79 Å². The Kier molecular flexibility index (Phi) is 5.13. The van der Waals surface area contributed by atoms with Crippen LogP contribution < -0.4 is 9.47 Å². The fraction of sp³-hybridized carbons (Fsp3) is 0.600. The van der Waals surface area contributed by atoms with Crippen LogP contribution in [0.1, 0.15) is 32.8 Å². The minimum atomic E-state index is -0.770. The van der Waals surface area contributed by atoms with Crippen molar-refractivity contribution >= 4 is 11.6 Å². The summed E-state index contributed by atoms with van der Waals surface area (Å²) >= 11 is 6.39. The van der Waals surface area contributed by atoms with Crippen molar-refractivity contribution in [2.75, 3.05) is 26.4 Å². The molecule has 1 aliphatic rings. The van der Waals surface area contributed by atoms with Gasteiger partial charge in [0.1, 0.15) is 0 Å². The third kappa shape index (κ3) is 2.87. The van der Waals surface area contributed by atoms with Gasteiger partial charge < -0.3 is 18.9 Å². The standard InChI is InChI=1S/C15H21ClO4/c1-4-15(19-7-8-20-15)11-9-13(17-5-2)14(18-6-3)10-12(11)16/h9-10H,4-8H2,1-3H3. The predicted octanol–water partition coefficient (Wildman–Crippen LogP) is 3.75. The van der Waals surface area contributed by atoms with Gasteiger partial charge in [0.2, 0.25) is 0 Å². The fourth-order valence-corrected chi connectivity index (χ4v) is 2.67. The van der Waals surface area contributed by atoms with Gasteiger partial charge in [-0.05, 0) is 19.9 Å². The van der Waals surface area contributed by atoms with E-state index in [9.17, 15) is 0 Å². The van der Waals surface area contributed by atoms with Gasteiger partial charge in [-0.2, -0.15) is 0 Å². The lowest BCUT2D eigenvalue weighted by Gasteiger charge is -2.28. The maximum absolute atomic E-state index is 6.39. The molecule has 0 bridgehead atoms. The molecule has 4 nitrogen and oxygen atoms in total. The summed E-state index contributed by atoms with van der Waals surface area (Å²) in [6, 6.07) is 3.64. The van der Waals surface area contributed by atoms with E-state index in [1.54, 1.807) is 6.07 Å². The summed E-state index contributed by atoms with van der Waals surface area (Å²) in [6.45, 7) is 8.13. The zero-order valence-corrected chi connectivity index (χ0v) is 13.0. The molecule has 20 heavy (non-hydrogen) atoms. The Morgan fingerprint density at radius 2 is 1.60 bits per heavy atom. The van der Waals surface area contributed by atoms with Crippen molar-refractivity contribution in [3.05, 3.63) is 22.7 Å². The Labute approximate surface area is 124 Å². The maximum Gasteiger partial charge on any atom is 0.196 e. The highest BCUT2D eigenvalue weighted by Gasteiger charge is 2.39. The van der Waals surface area contributed by atoms with E-state index in [1.807, 2.05) is 26.8 Å². The Balaban J connectivity index is 2.45. The molecule has 0 aliphatic carbocycles. The number of halogens is 1. The van der Waals surface area contributed by atoms with Crippen LogP contribution in [0.3, 0.4) is 0 Å². The smallest absolute Gasteiger partial charge is 0.196 e. The van der Waals surface area contributed by atoms with Crippen molar-refractivity contribution in [3.8, 4) is 11.5 Å². The van der Waals surface area contributed by atoms with E-state index in [-0.39, 0.29) is 0 Å². The second-order valence-electron chi connectivity index (χ2n) is 4.45. The van der Waals surface area contributed by atoms with Gasteiger partial charge >= 0.3 is 0 Å². The van der Waals surface area contributed by atoms with Crippen molar-refractivity contribution in [1.29, 1.82) is 0 Å². The third-order valence-electron chi connectivity index (χ3n) is 3.26. The minimum Gasteiger partial charge on any atom is -0.490 e. The van der Waals surface area contributed by atoms with Crippen LogP contribution in [0.2, 0.25) is 5.02 Å². The summed E-state index contributed by atoms with van der Waals surface area (Å²) in [5, 5.41) is 0.570. The topological polar surface area (TPSA) is 36.9 Å². The SMILES string of the molecule is CCOc1cc(Cl)c(C2(CC)OCCO2)cc1OCC. The molecular formula is C15H21ClO4. The first-order valence-corrected chi connectivity index (χ1v) is 7.42. The van der Waals surface area contributed by atoms with E-state index in [1.165, 1.54) is 0 Å². The first kappa shape index (κ1) is 15.4. The number of ether oxygens (including phenoxy) is 4. The van der Waals surface area contributed by atoms with Gasteiger partial charge in [-0.15, -0.1) is 0 Å². The molecule has 0 aromatic heterocycles. The summed E-state index contributed by atoms with van der Waals surface area (Å²) in [7, 11) is 0. The number of hydrogen-bond donors (Lipinski definition) is 0. The van der Waals surface area contributed by atoms with Gasteiger partial charge in [0, 0.05) is 18.1 Å². The van der Waals surface area contributed by atoms with Gasteiger partial charge in [-0.1, -0.05) is 18.5 Å². The van der Waals surface area contributed by atoms with Crippen molar-refractivity contribution < 1.29 is 18.9 Å². The van der Waals surface area contributed by atoms with Crippen LogP contribution in [0.25, 0.3) is 0 Å². The Morgan fingerprint density at radius 3 is 2.10 bits per heavy atom. The summed E-state index contributed by atoms with van der Waals surface area (Å²) < 4.78 is 22.8. The fourth-order valence-electron chi connectivity index (χ4n) is 2.37. The lowest BCUT2D eigenvalue weighted by atomic mass is 10.0. The van der Waals surface area contributed by atoms with Crippen LogP contribution >= 0.6 is 11.6 Å². The van der Waals surface area contributed by atoms with Crippen LogP contribution in [0.15, 0.2) is 12.1 Å². The molecule has 112 valence electrons. The number of rotatable bonds is 6. The Morgan fingerprint density at radius 1 is 1.05 bits per heavy atom. The summed E-state index contributed by atoms with van der Waals surface area (Å²) in [5.41, 5.74) is 0.797. The highest BCUT2D eigenvalue weighted by Crippen LogP contribution is 2.43. The molecule has 0 atom stereocenters. The molecule has 0 amide bonds. The van der Waals surface area contributed by atoms with Crippen molar-refractivity contribution in [1.82, 2.24) is 0 Å². The molecule has 1 fully saturated rings. The van der Waals surface area contributed by atoms with Crippen LogP contribution in [-0.2, 0) is 15.3 Å². The molecule has 1 heterocycles. The van der Waals surface area contributed by atoms with Crippen molar-refractivity contribution in [3.63, 3.8) is 0 Å². The Hall–Kier alpha value is -0.970. The van der Waals surface area contributed by atoms with E-state index in [0.717, 1.165) is 5.56 Å². The third-order valence-corrected chi connectivity index (χ3v) is 3.58. The number of benzene rings is 1. The normalized spacial score (nSPS) is 17.2. The average Bonchev–Trinajstić information content (AvgIpc) is 2.92. The zero-order chi connectivity index (χ0) is 14.6. The number of hydrogen-bond acceptors (Lipinski definition) is 4. The average molecular weight is 301 g/mol. The van der Waals surface area contributed by atoms with E-state index >= 15 is 0 Å². The summed E-state index contributed by atoms with van der Waals surface area (Å²) in [4.78, 5) is 0. The highest BCUT2D eigenvalue weighted by atomic mass is 35.5. The molecule has 1 saturated heterocycles. The Bertz CT molecular complexity index is 455. The summed E-state index contributed by atoms with van der Waals surface area (Å²) in [6.07, 6.45) is 0.687. The van der Waals surface area contributed by atoms with E-state index in [4.69, 9.17) is 30.5 Å². The monoisotopic (exact) mass is 300 g/mol. The van der Waals surface area contributed by atoms with E-state index in [2.05, 4.69) is 0 Å². The van der Waals surface area contributed by atoms with Crippen LogP contribution in [0.4, 0.5) is 0 Å². The minimum absolute atomic E-state index is 0.557. The van der Waals surface area contributed by atoms with Gasteiger partial charge in [-0.3, -0.25) is 0 Å². The van der Waals surface area contributed by atoms with Gasteiger partial charge in [0.05, 0.1) is 31.5 Å². The second kappa shape index (κ2) is 6.66. The second-order valence-corrected chi connectivity index (χ2v) is 4.86. The zero-order valence-electron chi connectivity index (χ0n) is 12.2. The molecule has 5 heteroatoms. The largest absolute Gasteiger partial charge is 0.490 e. The van der Waals surface area contributed by atoms with Gasteiger partial charge in [0.25, 0.3) is 0 Å². The molecule has 1 aromatic carbocycles. The van der Waals surface area contributed by atoms with Crippen LogP contribution in [0, 0.1) is 0 Å². The van der Waals surface area contributed by atoms with Crippen LogP contribution in [0.5, 0.6) is 11.5 Å². The lowest BCUT2D eigenvalue weighted by molar-refractivity contribution is -0.167. The lowest BCUT2D eigenvalue weighted by Crippen LogP contribution is -2.26. The molecular weight excluding hydrogens is 280 g/mol. The molecule has 2 rings (SSSR count). The van der Waals surface area contributed by atoms with Gasteiger partial charge in [-0.25, -0.2) is 0 Å². The van der Waals surface area contributed by atoms with Crippen molar-refractivity contribution in [2.45, 2.75) is 33.0 Å². The quantitative estimate of drug-likeness (QED) is 0.802. The van der Waals surface area contributed by atoms with E-state index in [0.29, 0.717) is 49.4 Å². The summed E-state index contributed by atoms with van der Waals surface area (Å²) in [5.74, 6) is 0.543. The maximum atomic E-state index is 6.39. The molecule has 0 spiro atoms. The molecule has 0 saturated carbocycles. The molecule has 0 radical (unpaired) electrons.